The Kier molecular flexibility index (Phi) is 3.74. The summed E-state index contributed by atoms with van der Waals surface area (Å²) in [6.45, 7) is 0.771. The first-order valence-corrected chi connectivity index (χ1v) is 5.56. The fourth-order valence-corrected chi connectivity index (χ4v) is 1.67. The number of carbonyl (C=O) groups is 1. The highest BCUT2D eigenvalue weighted by atomic mass is 16.5. The van der Waals surface area contributed by atoms with E-state index in [0.717, 1.165) is 5.39 Å². The van der Waals surface area contributed by atoms with Gasteiger partial charge in [-0.15, -0.1) is 0 Å². The number of pyridine rings is 1. The van der Waals surface area contributed by atoms with Crippen LogP contribution in [-0.2, 0) is 4.74 Å². The molecule has 0 spiro atoms. The van der Waals surface area contributed by atoms with Crippen molar-refractivity contribution in [3.8, 4) is 5.75 Å². The molecule has 2 aromatic rings. The summed E-state index contributed by atoms with van der Waals surface area (Å²) in [5.41, 5.74) is 6.55. The van der Waals surface area contributed by atoms with Crippen LogP contribution < -0.4 is 10.5 Å². The highest BCUT2D eigenvalue weighted by molar-refractivity contribution is 5.96. The van der Waals surface area contributed by atoms with E-state index in [1.807, 2.05) is 6.07 Å². The van der Waals surface area contributed by atoms with Crippen LogP contribution in [0.1, 0.15) is 10.4 Å². The first kappa shape index (κ1) is 12.3. The van der Waals surface area contributed by atoms with Gasteiger partial charge in [0.05, 0.1) is 12.7 Å². The average molecular weight is 246 g/mol. The number of carbonyl (C=O) groups excluding carboxylic acids is 1. The first-order valence-electron chi connectivity index (χ1n) is 5.56. The third kappa shape index (κ3) is 2.41. The van der Waals surface area contributed by atoms with Crippen molar-refractivity contribution in [1.82, 2.24) is 4.98 Å². The topological polar surface area (TPSA) is 74.4 Å². The van der Waals surface area contributed by atoms with Crippen LogP contribution in [0.15, 0.2) is 30.5 Å². The molecule has 94 valence electrons. The average Bonchev–Trinajstić information content (AvgIpc) is 2.43. The molecule has 18 heavy (non-hydrogen) atoms. The minimum atomic E-state index is -0.404. The summed E-state index contributed by atoms with van der Waals surface area (Å²) in [7, 11) is 1.34. The van der Waals surface area contributed by atoms with Gasteiger partial charge < -0.3 is 15.2 Å². The quantitative estimate of drug-likeness (QED) is 0.824. The smallest absolute Gasteiger partial charge is 0.338 e. The third-order valence-corrected chi connectivity index (χ3v) is 2.47. The second-order valence-electron chi connectivity index (χ2n) is 3.68. The maximum Gasteiger partial charge on any atom is 0.338 e. The van der Waals surface area contributed by atoms with Crippen LogP contribution in [0.4, 0.5) is 0 Å². The molecule has 0 saturated heterocycles. The Hall–Kier alpha value is -2.14. The second-order valence-corrected chi connectivity index (χ2v) is 3.68. The molecule has 0 bridgehead atoms. The van der Waals surface area contributed by atoms with Crippen LogP contribution in [0, 0.1) is 0 Å². The molecule has 0 aliphatic rings. The van der Waals surface area contributed by atoms with Crippen LogP contribution in [0.3, 0.4) is 0 Å². The summed E-state index contributed by atoms with van der Waals surface area (Å²) in [6, 6.07) is 7.01. The summed E-state index contributed by atoms with van der Waals surface area (Å²) in [5, 5.41) is 0.826. The Morgan fingerprint density at radius 2 is 2.28 bits per heavy atom. The predicted molar refractivity (Wildman–Crippen MR) is 67.6 cm³/mol. The van der Waals surface area contributed by atoms with Crippen molar-refractivity contribution < 1.29 is 14.3 Å². The van der Waals surface area contributed by atoms with Crippen molar-refractivity contribution in [1.29, 1.82) is 0 Å². The van der Waals surface area contributed by atoms with Gasteiger partial charge in [-0.25, -0.2) is 4.79 Å². The highest BCUT2D eigenvalue weighted by Gasteiger charge is 2.11. The second kappa shape index (κ2) is 5.46. The molecule has 0 radical (unpaired) electrons. The van der Waals surface area contributed by atoms with Crippen LogP contribution in [0.25, 0.3) is 10.9 Å². The van der Waals surface area contributed by atoms with Gasteiger partial charge in [0, 0.05) is 18.1 Å². The zero-order valence-electron chi connectivity index (χ0n) is 10.1. The molecule has 5 nitrogen and oxygen atoms in total. The summed E-state index contributed by atoms with van der Waals surface area (Å²) < 4.78 is 10.2. The van der Waals surface area contributed by atoms with Gasteiger partial charge in [0.25, 0.3) is 0 Å². The van der Waals surface area contributed by atoms with Gasteiger partial charge in [0.1, 0.15) is 17.9 Å². The maximum absolute atomic E-state index is 11.6. The molecular formula is C13H14N2O3. The SMILES string of the molecule is COC(=O)c1cc(OCCN)c2ncccc2c1. The van der Waals surface area contributed by atoms with E-state index in [1.54, 1.807) is 24.4 Å². The fraction of sp³-hybridized carbons (Fsp3) is 0.231. The van der Waals surface area contributed by atoms with Gasteiger partial charge in [-0.1, -0.05) is 6.07 Å². The van der Waals surface area contributed by atoms with Gasteiger partial charge in [-0.2, -0.15) is 0 Å². The van der Waals surface area contributed by atoms with Crippen LogP contribution in [-0.4, -0.2) is 31.2 Å². The van der Waals surface area contributed by atoms with Crippen molar-refractivity contribution in [3.63, 3.8) is 0 Å². The molecule has 0 amide bonds. The summed E-state index contributed by atoms with van der Waals surface area (Å²) in [6.07, 6.45) is 1.68. The number of nitrogens with two attached hydrogens (primary N) is 1. The van der Waals surface area contributed by atoms with Crippen molar-refractivity contribution in [2.24, 2.45) is 5.73 Å². The Labute approximate surface area is 105 Å². The molecule has 0 aliphatic heterocycles. The molecule has 0 aliphatic carbocycles. The molecule has 0 saturated carbocycles. The third-order valence-electron chi connectivity index (χ3n) is 2.47. The van der Waals surface area contributed by atoms with Crippen molar-refractivity contribution >= 4 is 16.9 Å². The highest BCUT2D eigenvalue weighted by Crippen LogP contribution is 2.26. The molecule has 0 fully saturated rings. The number of hydrogen-bond donors (Lipinski definition) is 1. The molecule has 1 aromatic carbocycles. The number of methoxy groups -OCH3 is 1. The molecule has 1 heterocycles. The van der Waals surface area contributed by atoms with Gasteiger partial charge in [-0.3, -0.25) is 4.98 Å². The number of rotatable bonds is 4. The minimum absolute atomic E-state index is 0.371. The van der Waals surface area contributed by atoms with Crippen molar-refractivity contribution in [2.75, 3.05) is 20.3 Å². The van der Waals surface area contributed by atoms with Crippen LogP contribution >= 0.6 is 0 Å². The number of benzene rings is 1. The number of hydrogen-bond acceptors (Lipinski definition) is 5. The van der Waals surface area contributed by atoms with Gasteiger partial charge in [0.2, 0.25) is 0 Å². The lowest BCUT2D eigenvalue weighted by Gasteiger charge is -2.09. The van der Waals surface area contributed by atoms with Gasteiger partial charge >= 0.3 is 5.97 Å². The van der Waals surface area contributed by atoms with Crippen LogP contribution in [0.5, 0.6) is 5.75 Å². The predicted octanol–water partition coefficient (Wildman–Crippen LogP) is 1.36. The molecule has 1 aromatic heterocycles. The summed E-state index contributed by atoms with van der Waals surface area (Å²) in [5.74, 6) is 0.136. The lowest BCUT2D eigenvalue weighted by molar-refractivity contribution is 0.0600. The van der Waals surface area contributed by atoms with E-state index in [4.69, 9.17) is 15.2 Å². The molecule has 0 atom stereocenters. The number of fused-ring (bicyclic) bond motifs is 1. The molecule has 2 rings (SSSR count). The fourth-order valence-electron chi connectivity index (χ4n) is 1.67. The van der Waals surface area contributed by atoms with E-state index < -0.39 is 5.97 Å². The zero-order chi connectivity index (χ0) is 13.0. The number of aromatic nitrogens is 1. The Morgan fingerprint density at radius 3 is 3.00 bits per heavy atom. The van der Waals surface area contributed by atoms with E-state index >= 15 is 0 Å². The minimum Gasteiger partial charge on any atom is -0.490 e. The van der Waals surface area contributed by atoms with E-state index in [2.05, 4.69) is 4.98 Å². The molecule has 5 heteroatoms. The number of esters is 1. The van der Waals surface area contributed by atoms with E-state index in [0.29, 0.717) is 30.0 Å². The van der Waals surface area contributed by atoms with E-state index in [-0.39, 0.29) is 0 Å². The normalized spacial score (nSPS) is 10.3. The monoisotopic (exact) mass is 246 g/mol. The lowest BCUT2D eigenvalue weighted by Crippen LogP contribution is -2.11. The lowest BCUT2D eigenvalue weighted by atomic mass is 10.1. The molecular weight excluding hydrogens is 232 g/mol. The van der Waals surface area contributed by atoms with Gasteiger partial charge in [-0.05, 0) is 18.2 Å². The number of nitrogens with zero attached hydrogens (tertiary/aromatic N) is 1. The summed E-state index contributed by atoms with van der Waals surface area (Å²) in [4.78, 5) is 15.8. The Balaban J connectivity index is 2.53. The first-order chi connectivity index (χ1) is 8.76. The van der Waals surface area contributed by atoms with E-state index in [9.17, 15) is 4.79 Å². The van der Waals surface area contributed by atoms with Gasteiger partial charge in [0.15, 0.2) is 0 Å². The standard InChI is InChI=1S/C13H14N2O3/c1-17-13(16)10-7-9-3-2-5-15-12(9)11(8-10)18-6-4-14/h2-3,5,7-8H,4,6,14H2,1H3. The summed E-state index contributed by atoms with van der Waals surface area (Å²) >= 11 is 0. The largest absolute Gasteiger partial charge is 0.490 e. The van der Waals surface area contributed by atoms with E-state index in [1.165, 1.54) is 7.11 Å². The Bertz CT molecular complexity index is 569. The Morgan fingerprint density at radius 1 is 1.44 bits per heavy atom. The molecule has 2 N–H and O–H groups in total. The molecule has 0 unspecified atom stereocenters. The number of ether oxygens (including phenoxy) is 2. The van der Waals surface area contributed by atoms with Crippen LogP contribution in [0.2, 0.25) is 0 Å². The van der Waals surface area contributed by atoms with Crippen molar-refractivity contribution in [3.05, 3.63) is 36.0 Å². The zero-order valence-corrected chi connectivity index (χ0v) is 10.1. The van der Waals surface area contributed by atoms with Crippen molar-refractivity contribution in [2.45, 2.75) is 0 Å². The maximum atomic E-state index is 11.6.